The predicted octanol–water partition coefficient (Wildman–Crippen LogP) is 5.03. The second-order valence-electron chi connectivity index (χ2n) is 9.88. The van der Waals surface area contributed by atoms with Crippen LogP contribution in [0.5, 0.6) is 0 Å². The Balaban J connectivity index is 1.98. The van der Waals surface area contributed by atoms with E-state index in [4.69, 9.17) is 0 Å². The predicted molar refractivity (Wildman–Crippen MR) is 108 cm³/mol. The van der Waals surface area contributed by atoms with Gasteiger partial charge in [0.2, 0.25) is 0 Å². The topological polar surface area (TPSA) is 40.5 Å². The fourth-order valence-electron chi connectivity index (χ4n) is 6.25. The summed E-state index contributed by atoms with van der Waals surface area (Å²) in [4.78, 5) is 0. The third kappa shape index (κ3) is 3.47. The summed E-state index contributed by atoms with van der Waals surface area (Å²) in [7, 11) is 0. The standard InChI is InChI=1S/C24H38O2/c1-15-11-20(12-16(2)22(15)25)24(5,19-9-7-6-8-10-19)21-13-17(3)23(26)18(4)14-21/h6-10,15-18,20-23,25-26H,11-14H2,1-5H3. The maximum atomic E-state index is 10.5. The fraction of sp³-hybridized carbons (Fsp3) is 0.750. The number of hydrogen-bond donors (Lipinski definition) is 2. The normalized spacial score (nSPS) is 43.7. The van der Waals surface area contributed by atoms with Crippen molar-refractivity contribution in [3.63, 3.8) is 0 Å². The van der Waals surface area contributed by atoms with Crippen LogP contribution in [0, 0.1) is 35.5 Å². The highest BCUT2D eigenvalue weighted by Gasteiger charge is 2.49. The molecule has 4 unspecified atom stereocenters. The Labute approximate surface area is 160 Å². The van der Waals surface area contributed by atoms with Crippen molar-refractivity contribution < 1.29 is 10.2 Å². The van der Waals surface area contributed by atoms with Crippen molar-refractivity contribution in [1.29, 1.82) is 0 Å². The molecule has 2 fully saturated rings. The third-order valence-electron chi connectivity index (χ3n) is 8.05. The molecule has 0 heterocycles. The van der Waals surface area contributed by atoms with Gasteiger partial charge < -0.3 is 10.2 Å². The Morgan fingerprint density at radius 1 is 0.692 bits per heavy atom. The highest BCUT2D eigenvalue weighted by atomic mass is 16.3. The Kier molecular flexibility index (Phi) is 5.84. The Morgan fingerprint density at radius 2 is 1.04 bits per heavy atom. The molecule has 146 valence electrons. The van der Waals surface area contributed by atoms with E-state index in [1.807, 2.05) is 0 Å². The smallest absolute Gasteiger partial charge is 0.0591 e. The van der Waals surface area contributed by atoms with Gasteiger partial charge in [-0.3, -0.25) is 0 Å². The van der Waals surface area contributed by atoms with E-state index in [0.29, 0.717) is 35.5 Å². The fourth-order valence-corrected chi connectivity index (χ4v) is 6.25. The lowest BCUT2D eigenvalue weighted by Crippen LogP contribution is -2.50. The van der Waals surface area contributed by atoms with E-state index in [-0.39, 0.29) is 17.6 Å². The van der Waals surface area contributed by atoms with Crippen molar-refractivity contribution in [2.24, 2.45) is 35.5 Å². The van der Waals surface area contributed by atoms with Gasteiger partial charge in [0.1, 0.15) is 0 Å². The summed E-state index contributed by atoms with van der Waals surface area (Å²) >= 11 is 0. The summed E-state index contributed by atoms with van der Waals surface area (Å²) in [6.45, 7) is 11.3. The lowest BCUT2D eigenvalue weighted by Gasteiger charge is -2.53. The van der Waals surface area contributed by atoms with E-state index in [1.165, 1.54) is 5.56 Å². The van der Waals surface area contributed by atoms with Gasteiger partial charge >= 0.3 is 0 Å². The lowest BCUT2D eigenvalue weighted by atomic mass is 9.53. The molecule has 0 amide bonds. The summed E-state index contributed by atoms with van der Waals surface area (Å²) in [6, 6.07) is 11.1. The number of benzene rings is 1. The van der Waals surface area contributed by atoms with Gasteiger partial charge in [0.15, 0.2) is 0 Å². The molecule has 2 aliphatic rings. The van der Waals surface area contributed by atoms with Gasteiger partial charge in [0.25, 0.3) is 0 Å². The first-order valence-corrected chi connectivity index (χ1v) is 10.7. The number of aliphatic hydroxyl groups is 2. The molecule has 0 aliphatic heterocycles. The zero-order chi connectivity index (χ0) is 19.1. The van der Waals surface area contributed by atoms with Crippen LogP contribution < -0.4 is 0 Å². The van der Waals surface area contributed by atoms with Crippen LogP contribution in [0.2, 0.25) is 0 Å². The molecule has 2 nitrogen and oxygen atoms in total. The van der Waals surface area contributed by atoms with Crippen molar-refractivity contribution in [2.45, 2.75) is 77.9 Å². The molecule has 26 heavy (non-hydrogen) atoms. The van der Waals surface area contributed by atoms with Crippen molar-refractivity contribution in [1.82, 2.24) is 0 Å². The zero-order valence-corrected chi connectivity index (χ0v) is 17.2. The van der Waals surface area contributed by atoms with Gasteiger partial charge in [0, 0.05) is 0 Å². The van der Waals surface area contributed by atoms with Crippen LogP contribution in [-0.4, -0.2) is 22.4 Å². The molecule has 0 radical (unpaired) electrons. The molecular weight excluding hydrogens is 320 g/mol. The average molecular weight is 359 g/mol. The van der Waals surface area contributed by atoms with Gasteiger partial charge in [-0.05, 0) is 72.2 Å². The zero-order valence-electron chi connectivity index (χ0n) is 17.2. The average Bonchev–Trinajstić information content (AvgIpc) is 2.63. The largest absolute Gasteiger partial charge is 0.393 e. The molecule has 3 rings (SSSR count). The van der Waals surface area contributed by atoms with Gasteiger partial charge in [-0.25, -0.2) is 0 Å². The molecule has 2 N–H and O–H groups in total. The highest BCUT2D eigenvalue weighted by Crippen LogP contribution is 2.53. The van der Waals surface area contributed by atoms with Crippen LogP contribution in [0.25, 0.3) is 0 Å². The number of aliphatic hydroxyl groups excluding tert-OH is 2. The first-order valence-electron chi connectivity index (χ1n) is 10.7. The molecule has 0 aromatic heterocycles. The molecule has 0 saturated heterocycles. The Morgan fingerprint density at radius 3 is 1.38 bits per heavy atom. The van der Waals surface area contributed by atoms with Gasteiger partial charge in [0.05, 0.1) is 12.2 Å². The van der Waals surface area contributed by atoms with Gasteiger partial charge in [-0.2, -0.15) is 0 Å². The Bertz CT molecular complexity index is 529. The van der Waals surface area contributed by atoms with Crippen LogP contribution in [0.3, 0.4) is 0 Å². The molecule has 4 atom stereocenters. The lowest BCUT2D eigenvalue weighted by molar-refractivity contribution is -0.0467. The van der Waals surface area contributed by atoms with Crippen molar-refractivity contribution in [3.05, 3.63) is 35.9 Å². The molecule has 0 spiro atoms. The molecule has 2 saturated carbocycles. The molecular formula is C24H38O2. The van der Waals surface area contributed by atoms with E-state index in [1.54, 1.807) is 0 Å². The monoisotopic (exact) mass is 358 g/mol. The SMILES string of the molecule is CC1CC(C(C)(c2ccccc2)C2CC(C)C(O)C(C)C2)CC(C)C1O. The minimum absolute atomic E-state index is 0.104. The van der Waals surface area contributed by atoms with E-state index in [0.717, 1.165) is 25.7 Å². The van der Waals surface area contributed by atoms with E-state index in [2.05, 4.69) is 65.0 Å². The van der Waals surface area contributed by atoms with Crippen LogP contribution in [0.15, 0.2) is 30.3 Å². The van der Waals surface area contributed by atoms with Gasteiger partial charge in [-0.15, -0.1) is 0 Å². The maximum absolute atomic E-state index is 10.5. The number of rotatable bonds is 3. The first kappa shape index (κ1) is 19.9. The minimum atomic E-state index is -0.169. The van der Waals surface area contributed by atoms with Crippen molar-refractivity contribution in [2.75, 3.05) is 0 Å². The van der Waals surface area contributed by atoms with Crippen LogP contribution >= 0.6 is 0 Å². The molecule has 1 aromatic rings. The maximum Gasteiger partial charge on any atom is 0.0591 e. The van der Waals surface area contributed by atoms with Crippen LogP contribution in [0.4, 0.5) is 0 Å². The second-order valence-corrected chi connectivity index (χ2v) is 9.88. The summed E-state index contributed by atoms with van der Waals surface area (Å²) in [5.74, 6) is 2.59. The molecule has 2 aliphatic carbocycles. The van der Waals surface area contributed by atoms with Crippen molar-refractivity contribution in [3.8, 4) is 0 Å². The third-order valence-corrected chi connectivity index (χ3v) is 8.05. The van der Waals surface area contributed by atoms with Crippen LogP contribution in [0.1, 0.15) is 65.9 Å². The summed E-state index contributed by atoms with van der Waals surface area (Å²) < 4.78 is 0. The van der Waals surface area contributed by atoms with Gasteiger partial charge in [-0.1, -0.05) is 65.0 Å². The summed E-state index contributed by atoms with van der Waals surface area (Å²) in [5.41, 5.74) is 1.55. The van der Waals surface area contributed by atoms with Crippen molar-refractivity contribution >= 4 is 0 Å². The summed E-state index contributed by atoms with van der Waals surface area (Å²) in [6.07, 6.45) is 4.05. The van der Waals surface area contributed by atoms with E-state index < -0.39 is 0 Å². The Hall–Kier alpha value is -0.860. The number of hydrogen-bond acceptors (Lipinski definition) is 2. The van der Waals surface area contributed by atoms with E-state index in [9.17, 15) is 10.2 Å². The second kappa shape index (κ2) is 7.64. The van der Waals surface area contributed by atoms with E-state index >= 15 is 0 Å². The molecule has 2 heteroatoms. The molecule has 0 bridgehead atoms. The summed E-state index contributed by atoms with van der Waals surface area (Å²) in [5, 5.41) is 21.0. The minimum Gasteiger partial charge on any atom is -0.393 e. The highest BCUT2D eigenvalue weighted by molar-refractivity contribution is 5.28. The first-order chi connectivity index (χ1) is 12.2. The quantitative estimate of drug-likeness (QED) is 0.795. The molecule has 1 aromatic carbocycles. The van der Waals surface area contributed by atoms with Crippen LogP contribution in [-0.2, 0) is 5.41 Å².